The number of nitrogens with one attached hydrogen (secondary N) is 1. The first kappa shape index (κ1) is 16.6. The van der Waals surface area contributed by atoms with Gasteiger partial charge in [-0.25, -0.2) is 4.98 Å². The summed E-state index contributed by atoms with van der Waals surface area (Å²) >= 11 is 1.29. The van der Waals surface area contributed by atoms with Gasteiger partial charge in [0.2, 0.25) is 11.8 Å². The molecule has 0 fully saturated rings. The number of amides is 3. The second-order valence-corrected chi connectivity index (χ2v) is 5.93. The molecule has 0 aliphatic rings. The van der Waals surface area contributed by atoms with Crippen LogP contribution < -0.4 is 16.8 Å². The molecular formula is C15H16N4O3S. The molecule has 7 nitrogen and oxygen atoms in total. The minimum Gasteiger partial charge on any atom is -0.367 e. The fraction of sp³-hybridized carbons (Fsp3) is 0.200. The van der Waals surface area contributed by atoms with Crippen molar-refractivity contribution < 1.29 is 14.4 Å². The molecule has 0 unspecified atom stereocenters. The van der Waals surface area contributed by atoms with Gasteiger partial charge in [-0.1, -0.05) is 23.8 Å². The van der Waals surface area contributed by atoms with Gasteiger partial charge < -0.3 is 16.8 Å². The number of hydrogen-bond donors (Lipinski definition) is 3. The van der Waals surface area contributed by atoms with Crippen LogP contribution in [0.15, 0.2) is 23.6 Å². The number of benzene rings is 1. The second kappa shape index (κ2) is 6.57. The first-order valence-electron chi connectivity index (χ1n) is 6.72. The maximum absolute atomic E-state index is 12.1. The van der Waals surface area contributed by atoms with Gasteiger partial charge in [-0.3, -0.25) is 14.4 Å². The van der Waals surface area contributed by atoms with Crippen LogP contribution in [0.5, 0.6) is 0 Å². The summed E-state index contributed by atoms with van der Waals surface area (Å²) in [4.78, 5) is 38.5. The molecule has 5 N–H and O–H groups in total. The largest absolute Gasteiger partial charge is 0.367 e. The molecule has 120 valence electrons. The third-order valence-corrected chi connectivity index (χ3v) is 4.07. The van der Waals surface area contributed by atoms with E-state index < -0.39 is 23.8 Å². The van der Waals surface area contributed by atoms with Gasteiger partial charge in [0.25, 0.3) is 5.91 Å². The molecule has 0 radical (unpaired) electrons. The van der Waals surface area contributed by atoms with Crippen LogP contribution in [0.4, 0.5) is 0 Å². The number of hydrogen-bond acceptors (Lipinski definition) is 5. The van der Waals surface area contributed by atoms with Gasteiger partial charge in [-0.2, -0.15) is 0 Å². The van der Waals surface area contributed by atoms with Gasteiger partial charge in [0.15, 0.2) is 6.04 Å². The summed E-state index contributed by atoms with van der Waals surface area (Å²) in [5.74, 6) is -2.72. The van der Waals surface area contributed by atoms with Crippen molar-refractivity contribution in [3.63, 3.8) is 0 Å². The van der Waals surface area contributed by atoms with Gasteiger partial charge in [0, 0.05) is 10.9 Å². The fourth-order valence-corrected chi connectivity index (χ4v) is 2.93. The molecule has 1 aromatic carbocycles. The number of aromatic nitrogens is 1. The maximum Gasteiger partial charge on any atom is 0.271 e. The zero-order valence-electron chi connectivity index (χ0n) is 12.6. The number of rotatable bonds is 5. The van der Waals surface area contributed by atoms with Gasteiger partial charge in [-0.15, -0.1) is 11.3 Å². The highest BCUT2D eigenvalue weighted by atomic mass is 32.1. The van der Waals surface area contributed by atoms with Crippen LogP contribution in [-0.4, -0.2) is 28.7 Å². The van der Waals surface area contributed by atoms with Crippen molar-refractivity contribution in [2.24, 2.45) is 11.5 Å². The Morgan fingerprint density at radius 2 is 1.83 bits per heavy atom. The summed E-state index contributed by atoms with van der Waals surface area (Å²) in [6.07, 6.45) is 0. The number of carbonyl (C=O) groups excluding carboxylic acids is 3. The van der Waals surface area contributed by atoms with Crippen LogP contribution >= 0.6 is 11.3 Å². The van der Waals surface area contributed by atoms with Crippen molar-refractivity contribution in [1.29, 1.82) is 0 Å². The molecule has 0 spiro atoms. The van der Waals surface area contributed by atoms with Crippen LogP contribution in [0.2, 0.25) is 0 Å². The van der Waals surface area contributed by atoms with E-state index in [1.54, 1.807) is 5.38 Å². The van der Waals surface area contributed by atoms with Gasteiger partial charge in [-0.05, 0) is 19.4 Å². The molecule has 0 aliphatic carbocycles. The fourth-order valence-electron chi connectivity index (χ4n) is 2.04. The molecule has 23 heavy (non-hydrogen) atoms. The standard InChI is InChI=1S/C15H16N4O3S/c1-7-3-4-9(8(2)5-7)15-18-10(6-23-15)14(22)19-11(12(16)20)13(17)21/h3-6,11H,1-2H3,(H2,16,20)(H2,17,21)(H,19,22). The Labute approximate surface area is 136 Å². The quantitative estimate of drug-likeness (QED) is 0.688. The minimum absolute atomic E-state index is 0.0949. The van der Waals surface area contributed by atoms with E-state index >= 15 is 0 Å². The van der Waals surface area contributed by atoms with Crippen LogP contribution in [0, 0.1) is 13.8 Å². The van der Waals surface area contributed by atoms with Crippen molar-refractivity contribution in [3.8, 4) is 10.6 Å². The predicted molar refractivity (Wildman–Crippen MR) is 86.7 cm³/mol. The zero-order chi connectivity index (χ0) is 17.1. The Hall–Kier alpha value is -2.74. The number of thiazole rings is 1. The number of primary amides is 2. The predicted octanol–water partition coefficient (Wildman–Crippen LogP) is 0.496. The Balaban J connectivity index is 2.23. The lowest BCUT2D eigenvalue weighted by Gasteiger charge is -2.10. The minimum atomic E-state index is -1.56. The van der Waals surface area contributed by atoms with E-state index in [9.17, 15) is 14.4 Å². The molecular weight excluding hydrogens is 316 g/mol. The smallest absolute Gasteiger partial charge is 0.271 e. The summed E-state index contributed by atoms with van der Waals surface area (Å²) < 4.78 is 0. The summed E-state index contributed by atoms with van der Waals surface area (Å²) in [5, 5.41) is 4.39. The molecule has 1 aromatic heterocycles. The summed E-state index contributed by atoms with van der Waals surface area (Å²) in [7, 11) is 0. The van der Waals surface area contributed by atoms with Crippen LogP contribution in [-0.2, 0) is 9.59 Å². The number of carbonyl (C=O) groups is 3. The Morgan fingerprint density at radius 3 is 2.39 bits per heavy atom. The molecule has 0 saturated heterocycles. The van der Waals surface area contributed by atoms with Crippen LogP contribution in [0.3, 0.4) is 0 Å². The highest BCUT2D eigenvalue weighted by Gasteiger charge is 2.25. The SMILES string of the molecule is Cc1ccc(-c2nc(C(=O)NC(C(N)=O)C(N)=O)cs2)c(C)c1. The van der Waals surface area contributed by atoms with E-state index in [4.69, 9.17) is 11.5 Å². The van der Waals surface area contributed by atoms with Gasteiger partial charge in [0.1, 0.15) is 10.7 Å². The average Bonchev–Trinajstić information content (AvgIpc) is 2.93. The molecule has 0 bridgehead atoms. The zero-order valence-corrected chi connectivity index (χ0v) is 13.4. The Morgan fingerprint density at radius 1 is 1.17 bits per heavy atom. The molecule has 0 aliphatic heterocycles. The normalized spacial score (nSPS) is 10.6. The summed E-state index contributed by atoms with van der Waals surface area (Å²) in [6, 6.07) is 4.35. The van der Waals surface area contributed by atoms with Crippen molar-refractivity contribution in [1.82, 2.24) is 10.3 Å². The van der Waals surface area contributed by atoms with Crippen molar-refractivity contribution in [3.05, 3.63) is 40.4 Å². The lowest BCUT2D eigenvalue weighted by molar-refractivity contribution is -0.128. The number of aryl methyl sites for hydroxylation is 2. The number of nitrogens with zero attached hydrogens (tertiary/aromatic N) is 1. The van der Waals surface area contributed by atoms with E-state index in [0.29, 0.717) is 5.01 Å². The van der Waals surface area contributed by atoms with E-state index in [-0.39, 0.29) is 5.69 Å². The van der Waals surface area contributed by atoms with E-state index in [1.165, 1.54) is 11.3 Å². The molecule has 1 heterocycles. The monoisotopic (exact) mass is 332 g/mol. The van der Waals surface area contributed by atoms with E-state index in [1.807, 2.05) is 32.0 Å². The maximum atomic E-state index is 12.1. The van der Waals surface area contributed by atoms with Crippen molar-refractivity contribution in [2.75, 3.05) is 0 Å². The molecule has 2 rings (SSSR count). The lowest BCUT2D eigenvalue weighted by atomic mass is 10.1. The van der Waals surface area contributed by atoms with Gasteiger partial charge >= 0.3 is 0 Å². The molecule has 2 aromatic rings. The van der Waals surface area contributed by atoms with Crippen LogP contribution in [0.25, 0.3) is 10.6 Å². The van der Waals surface area contributed by atoms with E-state index in [0.717, 1.165) is 16.7 Å². The molecule has 8 heteroatoms. The topological polar surface area (TPSA) is 128 Å². The third kappa shape index (κ3) is 3.72. The summed E-state index contributed by atoms with van der Waals surface area (Å²) in [6.45, 7) is 3.95. The molecule has 0 atom stereocenters. The first-order valence-corrected chi connectivity index (χ1v) is 7.60. The first-order chi connectivity index (χ1) is 10.8. The number of nitrogens with two attached hydrogens (primary N) is 2. The third-order valence-electron chi connectivity index (χ3n) is 3.19. The second-order valence-electron chi connectivity index (χ2n) is 5.07. The Kier molecular flexibility index (Phi) is 4.75. The van der Waals surface area contributed by atoms with Crippen molar-refractivity contribution in [2.45, 2.75) is 19.9 Å². The molecule has 0 saturated carbocycles. The van der Waals surface area contributed by atoms with Gasteiger partial charge in [0.05, 0.1) is 0 Å². The summed E-state index contributed by atoms with van der Waals surface area (Å²) in [5.41, 5.74) is 13.2. The van der Waals surface area contributed by atoms with Crippen LogP contribution in [0.1, 0.15) is 21.6 Å². The van der Waals surface area contributed by atoms with E-state index in [2.05, 4.69) is 10.3 Å². The average molecular weight is 332 g/mol. The lowest BCUT2D eigenvalue weighted by Crippen LogP contribution is -2.52. The highest BCUT2D eigenvalue weighted by Crippen LogP contribution is 2.27. The molecule has 3 amide bonds. The highest BCUT2D eigenvalue weighted by molar-refractivity contribution is 7.13. The van der Waals surface area contributed by atoms with Crippen molar-refractivity contribution >= 4 is 29.1 Å². The Bertz CT molecular complexity index is 771.